The predicted octanol–water partition coefficient (Wildman–Crippen LogP) is 2.48. The molecule has 0 aromatic heterocycles. The molecule has 2 N–H and O–H groups in total. The fourth-order valence-electron chi connectivity index (χ4n) is 3.60. The van der Waals surface area contributed by atoms with Crippen molar-refractivity contribution in [2.75, 3.05) is 36.9 Å². The van der Waals surface area contributed by atoms with Crippen molar-refractivity contribution in [3.05, 3.63) is 17.9 Å². The van der Waals surface area contributed by atoms with Crippen LogP contribution in [0.1, 0.15) is 26.7 Å². The molecule has 2 atom stereocenters. The quantitative estimate of drug-likeness (QED) is 0.869. The van der Waals surface area contributed by atoms with E-state index in [9.17, 15) is 4.39 Å². The molecule has 2 heterocycles. The Morgan fingerprint density at radius 1 is 1.38 bits per heavy atom. The topological polar surface area (TPSA) is 41.7 Å². The van der Waals surface area contributed by atoms with Crippen LogP contribution in [0.25, 0.3) is 0 Å². The molecule has 3 rings (SSSR count). The first-order chi connectivity index (χ1) is 10.1. The van der Waals surface area contributed by atoms with Gasteiger partial charge in [-0.15, -0.1) is 0 Å². The molecule has 4 nitrogen and oxygen atoms in total. The summed E-state index contributed by atoms with van der Waals surface area (Å²) in [6, 6.07) is 4.12. The highest BCUT2D eigenvalue weighted by Crippen LogP contribution is 2.35. The first kappa shape index (κ1) is 14.4. The third-order valence-corrected chi connectivity index (χ3v) is 4.63. The summed E-state index contributed by atoms with van der Waals surface area (Å²) < 4.78 is 19.2. The summed E-state index contributed by atoms with van der Waals surface area (Å²) in [4.78, 5) is 4.87. The molecule has 5 heteroatoms. The zero-order chi connectivity index (χ0) is 15.0. The van der Waals surface area contributed by atoms with Crippen LogP contribution in [0.3, 0.4) is 0 Å². The second-order valence-electron chi connectivity index (χ2n) is 6.07. The van der Waals surface area contributed by atoms with Crippen molar-refractivity contribution in [3.8, 4) is 5.75 Å². The van der Waals surface area contributed by atoms with Crippen molar-refractivity contribution < 1.29 is 9.13 Å². The van der Waals surface area contributed by atoms with E-state index in [4.69, 9.17) is 10.5 Å². The molecule has 116 valence electrons. The average Bonchev–Trinajstić information content (AvgIpc) is 2.88. The van der Waals surface area contributed by atoms with Gasteiger partial charge in [0.2, 0.25) is 0 Å². The van der Waals surface area contributed by atoms with Crippen LogP contribution >= 0.6 is 0 Å². The zero-order valence-electron chi connectivity index (χ0n) is 12.8. The monoisotopic (exact) mass is 293 g/mol. The highest BCUT2D eigenvalue weighted by Gasteiger charge is 2.35. The van der Waals surface area contributed by atoms with Crippen LogP contribution in [0.15, 0.2) is 12.1 Å². The summed E-state index contributed by atoms with van der Waals surface area (Å²) in [7, 11) is 0. The summed E-state index contributed by atoms with van der Waals surface area (Å²) >= 11 is 0. The Balaban J connectivity index is 1.89. The third kappa shape index (κ3) is 2.67. The Morgan fingerprint density at radius 3 is 2.95 bits per heavy atom. The molecular weight excluding hydrogens is 269 g/mol. The van der Waals surface area contributed by atoms with Crippen molar-refractivity contribution in [1.82, 2.24) is 4.90 Å². The summed E-state index contributed by atoms with van der Waals surface area (Å²) in [5.41, 5.74) is 7.46. The fourth-order valence-corrected chi connectivity index (χ4v) is 3.60. The van der Waals surface area contributed by atoms with Gasteiger partial charge in [-0.3, -0.25) is 4.90 Å². The van der Waals surface area contributed by atoms with E-state index in [1.807, 2.05) is 6.92 Å². The van der Waals surface area contributed by atoms with Crippen molar-refractivity contribution in [3.63, 3.8) is 0 Å². The van der Waals surface area contributed by atoms with E-state index >= 15 is 0 Å². The molecule has 0 aliphatic carbocycles. The zero-order valence-corrected chi connectivity index (χ0v) is 12.8. The molecule has 0 saturated carbocycles. The summed E-state index contributed by atoms with van der Waals surface area (Å²) in [5.74, 6) is -0.0898. The lowest BCUT2D eigenvalue weighted by Gasteiger charge is -2.44. The number of nitrogens with two attached hydrogens (primary N) is 1. The van der Waals surface area contributed by atoms with Gasteiger partial charge in [0.05, 0.1) is 18.0 Å². The lowest BCUT2D eigenvalue weighted by Crippen LogP contribution is -2.55. The van der Waals surface area contributed by atoms with Crippen molar-refractivity contribution in [2.45, 2.75) is 38.8 Å². The number of nitrogens with zero attached hydrogens (tertiary/aromatic N) is 2. The van der Waals surface area contributed by atoms with Gasteiger partial charge >= 0.3 is 0 Å². The Morgan fingerprint density at radius 2 is 2.19 bits per heavy atom. The van der Waals surface area contributed by atoms with Crippen molar-refractivity contribution in [2.24, 2.45) is 0 Å². The summed E-state index contributed by atoms with van der Waals surface area (Å²) in [5, 5.41) is 0. The lowest BCUT2D eigenvalue weighted by molar-refractivity contribution is 0.203. The average molecular weight is 293 g/mol. The number of hydrogen-bond acceptors (Lipinski definition) is 4. The number of halogens is 1. The number of fused-ring (bicyclic) bond motifs is 1. The third-order valence-electron chi connectivity index (χ3n) is 4.63. The summed E-state index contributed by atoms with van der Waals surface area (Å²) in [6.45, 7) is 7.72. The number of rotatable bonds is 3. The van der Waals surface area contributed by atoms with Gasteiger partial charge in [0.25, 0.3) is 0 Å². The van der Waals surface area contributed by atoms with Crippen molar-refractivity contribution >= 4 is 11.4 Å². The maximum absolute atomic E-state index is 13.9. The minimum Gasteiger partial charge on any atom is -0.491 e. The van der Waals surface area contributed by atoms with Gasteiger partial charge in [-0.2, -0.15) is 0 Å². The van der Waals surface area contributed by atoms with Crippen LogP contribution in [0.5, 0.6) is 5.75 Å². The Kier molecular flexibility index (Phi) is 3.93. The van der Waals surface area contributed by atoms with Gasteiger partial charge in [-0.1, -0.05) is 0 Å². The maximum Gasteiger partial charge on any atom is 0.167 e. The lowest BCUT2D eigenvalue weighted by atomic mass is 10.1. The number of ether oxygens (including phenoxy) is 1. The van der Waals surface area contributed by atoms with E-state index in [0.717, 1.165) is 18.8 Å². The second kappa shape index (κ2) is 5.72. The number of hydrogen-bond donors (Lipinski definition) is 1. The van der Waals surface area contributed by atoms with E-state index in [0.29, 0.717) is 30.1 Å². The van der Waals surface area contributed by atoms with Crippen molar-refractivity contribution in [1.29, 1.82) is 0 Å². The Labute approximate surface area is 125 Å². The highest BCUT2D eigenvalue weighted by atomic mass is 19.1. The largest absolute Gasteiger partial charge is 0.491 e. The SMILES string of the molecule is CCOc1cc(N2CC3CCCN3CC2C)c(N)cc1F. The second-order valence-corrected chi connectivity index (χ2v) is 6.07. The Hall–Kier alpha value is -1.49. The van der Waals surface area contributed by atoms with E-state index < -0.39 is 0 Å². The molecule has 21 heavy (non-hydrogen) atoms. The molecule has 1 aromatic rings. The number of anilines is 2. The molecule has 2 aliphatic rings. The molecule has 0 amide bonds. The van der Waals surface area contributed by atoms with Gasteiger partial charge in [0.15, 0.2) is 11.6 Å². The fraction of sp³-hybridized carbons (Fsp3) is 0.625. The van der Waals surface area contributed by atoms with Crippen LogP contribution < -0.4 is 15.4 Å². The number of nitrogen functional groups attached to an aromatic ring is 1. The number of benzene rings is 1. The molecule has 1 aromatic carbocycles. The van der Waals surface area contributed by atoms with E-state index in [1.54, 1.807) is 6.07 Å². The molecule has 0 spiro atoms. The molecular formula is C16H24FN3O. The molecule has 0 radical (unpaired) electrons. The van der Waals surface area contributed by atoms with Crippen LogP contribution in [0.2, 0.25) is 0 Å². The Bertz CT molecular complexity index is 522. The first-order valence-corrected chi connectivity index (χ1v) is 7.82. The van der Waals surface area contributed by atoms with Gasteiger partial charge in [-0.05, 0) is 33.2 Å². The molecule has 2 unspecified atom stereocenters. The molecule has 2 saturated heterocycles. The van der Waals surface area contributed by atoms with E-state index in [-0.39, 0.29) is 5.82 Å². The van der Waals surface area contributed by atoms with Gasteiger partial charge in [-0.25, -0.2) is 4.39 Å². The maximum atomic E-state index is 13.9. The predicted molar refractivity (Wildman–Crippen MR) is 83.4 cm³/mol. The van der Waals surface area contributed by atoms with Gasteiger partial charge in [0.1, 0.15) is 0 Å². The highest BCUT2D eigenvalue weighted by molar-refractivity contribution is 5.70. The van der Waals surface area contributed by atoms with Gasteiger partial charge in [0, 0.05) is 37.3 Å². The first-order valence-electron chi connectivity index (χ1n) is 7.82. The van der Waals surface area contributed by atoms with Gasteiger partial charge < -0.3 is 15.4 Å². The standard InChI is InChI=1S/C16H24FN3O/c1-3-21-16-8-15(14(18)7-13(16)17)20-10-12-5-4-6-19(12)9-11(20)2/h7-8,11-12H,3-6,9-10,18H2,1-2H3. The minimum atomic E-state index is -0.384. The molecule has 2 aliphatic heterocycles. The van der Waals surface area contributed by atoms with Crippen LogP contribution in [-0.4, -0.2) is 43.2 Å². The van der Waals surface area contributed by atoms with E-state index in [1.165, 1.54) is 25.5 Å². The minimum absolute atomic E-state index is 0.294. The van der Waals surface area contributed by atoms with Crippen LogP contribution in [-0.2, 0) is 0 Å². The summed E-state index contributed by atoms with van der Waals surface area (Å²) in [6.07, 6.45) is 2.51. The smallest absolute Gasteiger partial charge is 0.167 e. The van der Waals surface area contributed by atoms with E-state index in [2.05, 4.69) is 16.7 Å². The number of piperazine rings is 1. The van der Waals surface area contributed by atoms with Crippen LogP contribution in [0, 0.1) is 5.82 Å². The molecule has 2 fully saturated rings. The van der Waals surface area contributed by atoms with Crippen LogP contribution in [0.4, 0.5) is 15.8 Å². The molecule has 0 bridgehead atoms. The normalized spacial score (nSPS) is 26.0.